The minimum atomic E-state index is -0.106. The molecule has 0 aliphatic rings. The van der Waals surface area contributed by atoms with Gasteiger partial charge >= 0.3 is 0 Å². The number of nitrogens with zero attached hydrogens (tertiary/aromatic N) is 2. The van der Waals surface area contributed by atoms with E-state index in [1.54, 1.807) is 0 Å². The van der Waals surface area contributed by atoms with Gasteiger partial charge in [-0.05, 0) is 39.0 Å². The van der Waals surface area contributed by atoms with E-state index in [1.165, 1.54) is 0 Å². The predicted octanol–water partition coefficient (Wildman–Crippen LogP) is 4.23. The topological polar surface area (TPSA) is 53.1 Å². The minimum absolute atomic E-state index is 0.106. The smallest absolute Gasteiger partial charge is 0.131 e. The molecule has 0 saturated heterocycles. The van der Waals surface area contributed by atoms with Gasteiger partial charge in [-0.15, -0.1) is 0 Å². The lowest BCUT2D eigenvalue weighted by Gasteiger charge is -2.15. The van der Waals surface area contributed by atoms with Crippen molar-refractivity contribution in [1.82, 2.24) is 9.78 Å². The molecule has 0 bridgehead atoms. The highest BCUT2D eigenvalue weighted by Crippen LogP contribution is 2.29. The molecule has 1 heterocycles. The van der Waals surface area contributed by atoms with Crippen molar-refractivity contribution in [2.24, 2.45) is 5.73 Å². The molecule has 0 amide bonds. The van der Waals surface area contributed by atoms with Gasteiger partial charge in [0, 0.05) is 22.6 Å². The predicted molar refractivity (Wildman–Crippen MR) is 88.7 cm³/mol. The summed E-state index contributed by atoms with van der Waals surface area (Å²) in [6.07, 6.45) is 0. The number of hydrogen-bond donors (Lipinski definition) is 1. The molecule has 2 N–H and O–H groups in total. The van der Waals surface area contributed by atoms with Crippen LogP contribution in [0.4, 0.5) is 0 Å². The second-order valence-corrected chi connectivity index (χ2v) is 6.21. The molecule has 0 aliphatic carbocycles. The first-order valence-corrected chi connectivity index (χ1v) is 8.00. The van der Waals surface area contributed by atoms with Crippen molar-refractivity contribution in [3.63, 3.8) is 0 Å². The summed E-state index contributed by atoms with van der Waals surface area (Å²) >= 11 is 9.74. The Hall–Kier alpha value is -1.04. The van der Waals surface area contributed by atoms with E-state index in [0.717, 1.165) is 33.7 Å². The molecule has 0 aliphatic heterocycles. The van der Waals surface area contributed by atoms with Crippen molar-refractivity contribution in [3.8, 4) is 5.75 Å². The van der Waals surface area contributed by atoms with E-state index in [1.807, 2.05) is 43.7 Å². The van der Waals surface area contributed by atoms with Crippen LogP contribution < -0.4 is 10.5 Å². The van der Waals surface area contributed by atoms with Crippen molar-refractivity contribution in [1.29, 1.82) is 0 Å². The molecular weight excluding hydrogens is 354 g/mol. The minimum Gasteiger partial charge on any atom is -0.487 e. The lowest BCUT2D eigenvalue weighted by molar-refractivity contribution is 0.288. The molecule has 6 heteroatoms. The van der Waals surface area contributed by atoms with Gasteiger partial charge in [0.05, 0.1) is 16.4 Å². The van der Waals surface area contributed by atoms with Gasteiger partial charge in [0.15, 0.2) is 0 Å². The number of ether oxygens (including phenoxy) is 1. The van der Waals surface area contributed by atoms with Gasteiger partial charge in [-0.3, -0.25) is 4.68 Å². The Morgan fingerprint density at radius 1 is 1.48 bits per heavy atom. The molecule has 0 spiro atoms. The summed E-state index contributed by atoms with van der Waals surface area (Å²) < 4.78 is 8.77. The molecule has 1 aromatic carbocycles. The van der Waals surface area contributed by atoms with Gasteiger partial charge in [0.1, 0.15) is 12.4 Å². The van der Waals surface area contributed by atoms with Crippen LogP contribution in [0.5, 0.6) is 5.75 Å². The first-order valence-electron chi connectivity index (χ1n) is 6.83. The highest BCUT2D eigenvalue weighted by atomic mass is 79.9. The quantitative estimate of drug-likeness (QED) is 0.854. The van der Waals surface area contributed by atoms with Gasteiger partial charge in [-0.25, -0.2) is 0 Å². The fraction of sp³-hybridized carbons (Fsp3) is 0.400. The highest BCUT2D eigenvalue weighted by Gasteiger charge is 2.15. The molecule has 21 heavy (non-hydrogen) atoms. The summed E-state index contributed by atoms with van der Waals surface area (Å²) in [6, 6.07) is 5.72. The van der Waals surface area contributed by atoms with E-state index >= 15 is 0 Å². The SMILES string of the molecule is CCn1nc(C)c(Cl)c1COc1ccc(Br)cc1[C@@H](C)N. The van der Waals surface area contributed by atoms with Crippen LogP contribution in [0.25, 0.3) is 0 Å². The first kappa shape index (κ1) is 16.3. The van der Waals surface area contributed by atoms with Crippen LogP contribution in [-0.4, -0.2) is 9.78 Å². The summed E-state index contributed by atoms with van der Waals surface area (Å²) in [4.78, 5) is 0. The molecule has 1 aromatic heterocycles. The Morgan fingerprint density at radius 2 is 2.19 bits per heavy atom. The molecule has 2 aromatic rings. The van der Waals surface area contributed by atoms with Crippen LogP contribution in [0, 0.1) is 6.92 Å². The fourth-order valence-electron chi connectivity index (χ4n) is 2.16. The summed E-state index contributed by atoms with van der Waals surface area (Å²) in [5.74, 6) is 0.769. The summed E-state index contributed by atoms with van der Waals surface area (Å²) in [6.45, 7) is 6.98. The molecule has 0 radical (unpaired) electrons. The molecule has 1 atom stereocenters. The van der Waals surface area contributed by atoms with Crippen LogP contribution in [0.2, 0.25) is 5.02 Å². The number of rotatable bonds is 5. The fourth-order valence-corrected chi connectivity index (χ4v) is 2.73. The molecule has 114 valence electrons. The molecule has 0 saturated carbocycles. The van der Waals surface area contributed by atoms with Gasteiger partial charge in [-0.1, -0.05) is 27.5 Å². The van der Waals surface area contributed by atoms with Crippen LogP contribution in [-0.2, 0) is 13.2 Å². The van der Waals surface area contributed by atoms with E-state index in [-0.39, 0.29) is 6.04 Å². The van der Waals surface area contributed by atoms with Crippen LogP contribution in [0.3, 0.4) is 0 Å². The highest BCUT2D eigenvalue weighted by molar-refractivity contribution is 9.10. The van der Waals surface area contributed by atoms with Gasteiger partial charge in [0.2, 0.25) is 0 Å². The maximum Gasteiger partial charge on any atom is 0.131 e. The van der Waals surface area contributed by atoms with Crippen molar-refractivity contribution in [2.45, 2.75) is 40.0 Å². The number of halogens is 2. The average molecular weight is 373 g/mol. The molecule has 0 unspecified atom stereocenters. The normalized spacial score (nSPS) is 12.5. The van der Waals surface area contributed by atoms with E-state index in [9.17, 15) is 0 Å². The van der Waals surface area contributed by atoms with Crippen molar-refractivity contribution < 1.29 is 4.74 Å². The summed E-state index contributed by atoms with van der Waals surface area (Å²) in [7, 11) is 0. The van der Waals surface area contributed by atoms with Gasteiger partial charge in [0.25, 0.3) is 0 Å². The average Bonchev–Trinajstić information content (AvgIpc) is 2.72. The Balaban J connectivity index is 2.25. The largest absolute Gasteiger partial charge is 0.487 e. The van der Waals surface area contributed by atoms with E-state index in [4.69, 9.17) is 22.1 Å². The number of nitrogens with two attached hydrogens (primary N) is 1. The third-order valence-electron chi connectivity index (χ3n) is 3.28. The zero-order chi connectivity index (χ0) is 15.6. The Labute approximate surface area is 138 Å². The number of hydrogen-bond acceptors (Lipinski definition) is 3. The van der Waals surface area contributed by atoms with Crippen LogP contribution >= 0.6 is 27.5 Å². The van der Waals surface area contributed by atoms with E-state index in [0.29, 0.717) is 11.6 Å². The monoisotopic (exact) mass is 371 g/mol. The zero-order valence-corrected chi connectivity index (χ0v) is 14.7. The number of aromatic nitrogens is 2. The lowest BCUT2D eigenvalue weighted by Crippen LogP contribution is -2.10. The second kappa shape index (κ2) is 6.81. The standard InChI is InChI=1S/C15H19BrClN3O/c1-4-20-13(15(17)10(3)19-20)8-21-14-6-5-11(16)7-12(14)9(2)18/h5-7,9H,4,8,18H2,1-3H3/t9-/m1/s1. The first-order chi connectivity index (χ1) is 9.93. The summed E-state index contributed by atoms with van der Waals surface area (Å²) in [5, 5.41) is 5.05. The van der Waals surface area contributed by atoms with E-state index in [2.05, 4.69) is 21.0 Å². The van der Waals surface area contributed by atoms with Crippen molar-refractivity contribution in [2.75, 3.05) is 0 Å². The molecule has 0 fully saturated rings. The molecular formula is C15H19BrClN3O. The Morgan fingerprint density at radius 3 is 2.81 bits per heavy atom. The van der Waals surface area contributed by atoms with Crippen molar-refractivity contribution in [3.05, 3.63) is 44.6 Å². The van der Waals surface area contributed by atoms with Crippen LogP contribution in [0.15, 0.2) is 22.7 Å². The van der Waals surface area contributed by atoms with Crippen molar-refractivity contribution >= 4 is 27.5 Å². The van der Waals surface area contributed by atoms with Crippen LogP contribution in [0.1, 0.15) is 36.8 Å². The number of aryl methyl sites for hydroxylation is 2. The number of benzene rings is 1. The second-order valence-electron chi connectivity index (χ2n) is 4.92. The Kier molecular flexibility index (Phi) is 5.30. The van der Waals surface area contributed by atoms with Gasteiger partial charge < -0.3 is 10.5 Å². The van der Waals surface area contributed by atoms with E-state index < -0.39 is 0 Å². The zero-order valence-electron chi connectivity index (χ0n) is 12.4. The van der Waals surface area contributed by atoms with Gasteiger partial charge in [-0.2, -0.15) is 5.10 Å². The third-order valence-corrected chi connectivity index (χ3v) is 4.26. The lowest BCUT2D eigenvalue weighted by atomic mass is 10.1. The Bertz CT molecular complexity index is 640. The maximum atomic E-state index is 6.29. The molecule has 2 rings (SSSR count). The molecule has 4 nitrogen and oxygen atoms in total. The summed E-state index contributed by atoms with van der Waals surface area (Å²) in [5.41, 5.74) is 8.66. The third kappa shape index (κ3) is 3.59. The maximum absolute atomic E-state index is 6.29.